The van der Waals surface area contributed by atoms with Crippen molar-refractivity contribution in [2.45, 2.75) is 12.1 Å². The molecule has 10 heteroatoms. The second kappa shape index (κ2) is 10.6. The number of pyridine rings is 1. The van der Waals surface area contributed by atoms with Crippen LogP contribution in [-0.4, -0.2) is 49.8 Å². The minimum Gasteiger partial charge on any atom is -0.504 e. The van der Waals surface area contributed by atoms with Crippen molar-refractivity contribution in [2.75, 3.05) is 12.9 Å². The minimum absolute atomic E-state index is 0.0314. The Morgan fingerprint density at radius 3 is 2.65 bits per heavy atom. The average molecular weight is 475 g/mol. The Morgan fingerprint density at radius 1 is 1.15 bits per heavy atom. The quantitative estimate of drug-likeness (QED) is 0.228. The lowest BCUT2D eigenvalue weighted by molar-refractivity contribution is -0.118. The third-order valence-corrected chi connectivity index (χ3v) is 5.73. The van der Waals surface area contributed by atoms with Crippen LogP contribution in [0.25, 0.3) is 17.1 Å². The average Bonchev–Trinajstić information content (AvgIpc) is 3.29. The maximum absolute atomic E-state index is 12.4. The molecule has 0 atom stereocenters. The molecule has 0 radical (unpaired) electrons. The number of carbonyl (C=O) groups is 1. The molecular formula is C24H22N6O3S. The van der Waals surface area contributed by atoms with Crippen LogP contribution in [-0.2, 0) is 4.79 Å². The van der Waals surface area contributed by atoms with Crippen molar-refractivity contribution < 1.29 is 14.6 Å². The second-order valence-corrected chi connectivity index (χ2v) is 8.17. The van der Waals surface area contributed by atoms with Crippen LogP contribution in [0.1, 0.15) is 11.1 Å². The minimum atomic E-state index is -0.295. The number of benzene rings is 2. The predicted molar refractivity (Wildman–Crippen MR) is 130 cm³/mol. The molecule has 0 aliphatic carbocycles. The van der Waals surface area contributed by atoms with Crippen molar-refractivity contribution >= 4 is 23.9 Å². The van der Waals surface area contributed by atoms with Gasteiger partial charge in [-0.3, -0.25) is 14.3 Å². The fourth-order valence-electron chi connectivity index (χ4n) is 3.09. The summed E-state index contributed by atoms with van der Waals surface area (Å²) in [6.45, 7) is 2.02. The standard InChI is InChI=1S/C24H22N6O3S/c1-16-3-6-19(7-4-16)30-23(18-9-11-25-12-10-18)28-29-24(30)34-15-22(32)27-26-14-17-5-8-20(31)21(13-17)33-2/h3-14,31H,15H2,1-2H3,(H,27,32)/b26-14-. The predicted octanol–water partition coefficient (Wildman–Crippen LogP) is 3.59. The molecule has 0 aliphatic rings. The molecule has 34 heavy (non-hydrogen) atoms. The van der Waals surface area contributed by atoms with Gasteiger partial charge in [-0.2, -0.15) is 5.10 Å². The molecule has 0 aliphatic heterocycles. The topological polar surface area (TPSA) is 115 Å². The van der Waals surface area contributed by atoms with Crippen molar-refractivity contribution in [1.82, 2.24) is 25.2 Å². The summed E-state index contributed by atoms with van der Waals surface area (Å²) in [6, 6.07) is 16.5. The molecule has 2 heterocycles. The van der Waals surface area contributed by atoms with E-state index in [9.17, 15) is 9.90 Å². The van der Waals surface area contributed by atoms with Crippen molar-refractivity contribution in [3.8, 4) is 28.6 Å². The number of phenolic OH excluding ortho intramolecular Hbond substituents is 1. The molecule has 0 saturated heterocycles. The Morgan fingerprint density at radius 2 is 1.91 bits per heavy atom. The Balaban J connectivity index is 1.48. The van der Waals surface area contributed by atoms with Crippen LogP contribution in [0.2, 0.25) is 0 Å². The van der Waals surface area contributed by atoms with Gasteiger partial charge in [-0.25, -0.2) is 5.43 Å². The van der Waals surface area contributed by atoms with Gasteiger partial charge in [-0.05, 0) is 55.0 Å². The smallest absolute Gasteiger partial charge is 0.250 e. The summed E-state index contributed by atoms with van der Waals surface area (Å²) in [6.07, 6.45) is 4.87. The molecule has 9 nitrogen and oxygen atoms in total. The van der Waals surface area contributed by atoms with Gasteiger partial charge in [-0.1, -0.05) is 29.5 Å². The summed E-state index contributed by atoms with van der Waals surface area (Å²) >= 11 is 1.26. The van der Waals surface area contributed by atoms with Crippen LogP contribution >= 0.6 is 11.8 Å². The van der Waals surface area contributed by atoms with E-state index in [0.717, 1.165) is 16.8 Å². The SMILES string of the molecule is COc1cc(/C=N\NC(=O)CSc2nnc(-c3ccncc3)n2-c2ccc(C)cc2)ccc1O. The van der Waals surface area contributed by atoms with E-state index in [1.807, 2.05) is 47.9 Å². The van der Waals surface area contributed by atoms with Gasteiger partial charge >= 0.3 is 0 Å². The number of hydrogen-bond donors (Lipinski definition) is 2. The number of methoxy groups -OCH3 is 1. The van der Waals surface area contributed by atoms with E-state index < -0.39 is 0 Å². The molecule has 0 unspecified atom stereocenters. The lowest BCUT2D eigenvalue weighted by Crippen LogP contribution is -2.20. The van der Waals surface area contributed by atoms with E-state index in [4.69, 9.17) is 4.74 Å². The first-order chi connectivity index (χ1) is 16.5. The summed E-state index contributed by atoms with van der Waals surface area (Å²) in [5.41, 5.74) is 6.07. The summed E-state index contributed by atoms with van der Waals surface area (Å²) in [7, 11) is 1.46. The van der Waals surface area contributed by atoms with Gasteiger partial charge in [0.25, 0.3) is 5.91 Å². The molecule has 1 amide bonds. The zero-order valence-electron chi connectivity index (χ0n) is 18.5. The number of aromatic hydroxyl groups is 1. The van der Waals surface area contributed by atoms with E-state index in [2.05, 4.69) is 25.7 Å². The number of aromatic nitrogens is 4. The number of phenols is 1. The largest absolute Gasteiger partial charge is 0.504 e. The maximum atomic E-state index is 12.4. The molecule has 0 saturated carbocycles. The lowest BCUT2D eigenvalue weighted by atomic mass is 10.2. The number of hydrogen-bond acceptors (Lipinski definition) is 8. The number of nitrogens with one attached hydrogen (secondary N) is 1. The Hall–Kier alpha value is -4.18. The highest BCUT2D eigenvalue weighted by Crippen LogP contribution is 2.28. The molecule has 0 fully saturated rings. The number of carbonyl (C=O) groups excluding carboxylic acids is 1. The molecule has 4 rings (SSSR count). The number of nitrogens with zero attached hydrogens (tertiary/aromatic N) is 5. The Bertz CT molecular complexity index is 1310. The normalized spacial score (nSPS) is 11.0. The number of aryl methyl sites for hydroxylation is 1. The van der Waals surface area contributed by atoms with Gasteiger partial charge in [0.1, 0.15) is 0 Å². The van der Waals surface area contributed by atoms with Gasteiger partial charge < -0.3 is 9.84 Å². The fraction of sp³-hybridized carbons (Fsp3) is 0.125. The number of thioether (sulfide) groups is 1. The number of hydrazone groups is 1. The summed E-state index contributed by atoms with van der Waals surface area (Å²) in [5, 5.41) is 22.9. The van der Waals surface area contributed by atoms with Gasteiger partial charge in [0, 0.05) is 23.6 Å². The van der Waals surface area contributed by atoms with Crippen molar-refractivity contribution in [3.05, 3.63) is 78.1 Å². The summed E-state index contributed by atoms with van der Waals surface area (Å²) in [4.78, 5) is 16.4. The molecule has 2 aromatic heterocycles. The van der Waals surface area contributed by atoms with Crippen LogP contribution < -0.4 is 10.2 Å². The van der Waals surface area contributed by atoms with E-state index in [1.54, 1.807) is 24.5 Å². The van der Waals surface area contributed by atoms with E-state index in [-0.39, 0.29) is 17.4 Å². The van der Waals surface area contributed by atoms with Crippen LogP contribution in [0.3, 0.4) is 0 Å². The molecule has 0 spiro atoms. The highest BCUT2D eigenvalue weighted by molar-refractivity contribution is 7.99. The summed E-state index contributed by atoms with van der Waals surface area (Å²) in [5.74, 6) is 0.816. The number of rotatable bonds is 8. The fourth-order valence-corrected chi connectivity index (χ4v) is 3.84. The zero-order valence-corrected chi connectivity index (χ0v) is 19.4. The lowest BCUT2D eigenvalue weighted by Gasteiger charge is -2.10. The second-order valence-electron chi connectivity index (χ2n) is 7.23. The van der Waals surface area contributed by atoms with Crippen LogP contribution in [0.15, 0.2) is 77.2 Å². The van der Waals surface area contributed by atoms with Crippen molar-refractivity contribution in [3.63, 3.8) is 0 Å². The van der Waals surface area contributed by atoms with Crippen LogP contribution in [0.5, 0.6) is 11.5 Å². The number of amides is 1. The van der Waals surface area contributed by atoms with Crippen molar-refractivity contribution in [1.29, 1.82) is 0 Å². The molecular weight excluding hydrogens is 452 g/mol. The third-order valence-electron chi connectivity index (χ3n) is 4.80. The van der Waals surface area contributed by atoms with Crippen molar-refractivity contribution in [2.24, 2.45) is 5.10 Å². The Labute approximate surface area is 200 Å². The van der Waals surface area contributed by atoms with Gasteiger partial charge in [0.2, 0.25) is 0 Å². The zero-order chi connectivity index (χ0) is 23.9. The van der Waals surface area contributed by atoms with Gasteiger partial charge in [0.05, 0.1) is 19.1 Å². The van der Waals surface area contributed by atoms with Gasteiger partial charge in [-0.15, -0.1) is 10.2 Å². The van der Waals surface area contributed by atoms with E-state index in [1.165, 1.54) is 31.2 Å². The van der Waals surface area contributed by atoms with Crippen LogP contribution in [0.4, 0.5) is 0 Å². The molecule has 2 aromatic carbocycles. The van der Waals surface area contributed by atoms with Crippen LogP contribution in [0, 0.1) is 6.92 Å². The molecule has 172 valence electrons. The molecule has 0 bridgehead atoms. The first-order valence-corrected chi connectivity index (χ1v) is 11.3. The number of ether oxygens (including phenoxy) is 1. The van der Waals surface area contributed by atoms with E-state index in [0.29, 0.717) is 22.3 Å². The van der Waals surface area contributed by atoms with E-state index >= 15 is 0 Å². The highest BCUT2D eigenvalue weighted by Gasteiger charge is 2.17. The highest BCUT2D eigenvalue weighted by atomic mass is 32.2. The maximum Gasteiger partial charge on any atom is 0.250 e. The molecule has 4 aromatic rings. The van der Waals surface area contributed by atoms with Gasteiger partial charge in [0.15, 0.2) is 22.5 Å². The monoisotopic (exact) mass is 474 g/mol. The molecule has 2 N–H and O–H groups in total. The first-order valence-electron chi connectivity index (χ1n) is 10.3. The third kappa shape index (κ3) is 5.41. The first kappa shape index (κ1) is 23.0. The summed E-state index contributed by atoms with van der Waals surface area (Å²) < 4.78 is 6.98. The Kier molecular flexibility index (Phi) is 7.19.